The molecule has 1 saturated heterocycles. The largest absolute Gasteiger partial charge is 0.433 e. The van der Waals surface area contributed by atoms with Crippen LogP contribution in [-0.2, 0) is 39.7 Å². The Kier molecular flexibility index (Phi) is 18.7. The van der Waals surface area contributed by atoms with E-state index in [1.807, 2.05) is 6.92 Å². The van der Waals surface area contributed by atoms with Crippen molar-refractivity contribution in [3.63, 3.8) is 0 Å². The van der Waals surface area contributed by atoms with Gasteiger partial charge in [0.2, 0.25) is 5.91 Å². The van der Waals surface area contributed by atoms with Crippen LogP contribution in [0.3, 0.4) is 0 Å². The van der Waals surface area contributed by atoms with Crippen molar-refractivity contribution in [2.45, 2.75) is 111 Å². The molecule has 2 fully saturated rings. The quantitative estimate of drug-likeness (QED) is 0.183. The molecule has 1 aliphatic carbocycles. The summed E-state index contributed by atoms with van der Waals surface area (Å²) in [5.41, 5.74) is 0.489. The standard InChI is InChI=1S/C13H16F3N3O.C7H6F.C7H16.C3H6O.Cr/c14-13(15,16)11-7-10(9-3-4-9)17-19(11)8-12(20)18-5-1-2-6-18;1-6-3-2-4-7(8)5-6;1-3-5-7-6-4-2;1-3(2)4;/h7,9H,1-6,8H2;2,4-5H,1H3;3-7H2,1-2H3;1-2H3;/q;-1;;;. The number of carbonyl (C=O) groups excluding carboxylic acids is 2. The molecule has 2 aromatic rings. The molecule has 0 radical (unpaired) electrons. The smallest absolute Gasteiger partial charge is 0.341 e. The summed E-state index contributed by atoms with van der Waals surface area (Å²) >= 11 is 0. The Morgan fingerprint density at radius 2 is 1.57 bits per heavy atom. The molecule has 2 heterocycles. The third kappa shape index (κ3) is 16.2. The average molecular weight is 607 g/mol. The van der Waals surface area contributed by atoms with E-state index < -0.39 is 11.9 Å². The molecule has 0 atom stereocenters. The van der Waals surface area contributed by atoms with Crippen molar-refractivity contribution < 1.29 is 44.5 Å². The van der Waals surface area contributed by atoms with E-state index in [1.165, 1.54) is 58.1 Å². The van der Waals surface area contributed by atoms with Crippen molar-refractivity contribution in [2.75, 3.05) is 13.1 Å². The number of carbonyl (C=O) groups is 2. The first-order valence-electron chi connectivity index (χ1n) is 13.9. The van der Waals surface area contributed by atoms with Gasteiger partial charge < -0.3 is 9.69 Å². The number of benzene rings is 1. The summed E-state index contributed by atoms with van der Waals surface area (Å²) in [6, 6.07) is 8.32. The summed E-state index contributed by atoms with van der Waals surface area (Å²) in [4.78, 5) is 23.0. The van der Waals surface area contributed by atoms with E-state index in [2.05, 4.69) is 25.0 Å². The molecule has 40 heavy (non-hydrogen) atoms. The van der Waals surface area contributed by atoms with Gasteiger partial charge in [-0.3, -0.25) is 9.48 Å². The van der Waals surface area contributed by atoms with Crippen LogP contribution in [0.1, 0.15) is 108 Å². The molecule has 1 aliphatic heterocycles. The third-order valence-electron chi connectivity index (χ3n) is 5.94. The number of likely N-dealkylation sites (tertiary alicyclic amines) is 1. The summed E-state index contributed by atoms with van der Waals surface area (Å²) in [6.45, 7) is 10.3. The second-order valence-corrected chi connectivity index (χ2v) is 10.1. The first kappa shape index (κ1) is 37.8. The fraction of sp³-hybridized carbons (Fsp3) is 0.633. The van der Waals surface area contributed by atoms with Gasteiger partial charge in [0.15, 0.2) is 0 Å². The number of amides is 1. The molecule has 226 valence electrons. The summed E-state index contributed by atoms with van der Waals surface area (Å²) < 4.78 is 51.9. The summed E-state index contributed by atoms with van der Waals surface area (Å²) in [5, 5.41) is 4.00. The van der Waals surface area contributed by atoms with Crippen molar-refractivity contribution in [1.29, 1.82) is 0 Å². The molecule has 0 bridgehead atoms. The SMILES string of the molecule is CC(C)=O.CCCCCCC.Cc1[c-]ccc(F)c1.O=C(Cn1nc(C2CC2)cc1C(F)(F)F)N1CCCC1.[Cr]. The molecule has 0 spiro atoms. The van der Waals surface area contributed by atoms with Crippen molar-refractivity contribution in [3.05, 3.63) is 53.1 Å². The fourth-order valence-electron chi connectivity index (χ4n) is 3.78. The molecule has 0 unspecified atom stereocenters. The van der Waals surface area contributed by atoms with Gasteiger partial charge in [-0.05, 0) is 45.6 Å². The number of aromatic nitrogens is 2. The van der Waals surface area contributed by atoms with Crippen LogP contribution in [0.25, 0.3) is 0 Å². The van der Waals surface area contributed by atoms with Gasteiger partial charge in [0.05, 0.1) is 5.69 Å². The first-order chi connectivity index (χ1) is 18.4. The first-order valence-corrected chi connectivity index (χ1v) is 13.9. The van der Waals surface area contributed by atoms with Gasteiger partial charge in [-0.2, -0.15) is 36.0 Å². The molecule has 0 N–H and O–H groups in total. The zero-order valence-corrected chi connectivity index (χ0v) is 25.7. The Labute approximate surface area is 247 Å². The van der Waals surface area contributed by atoms with E-state index in [0.717, 1.165) is 42.0 Å². The minimum atomic E-state index is -4.47. The van der Waals surface area contributed by atoms with Crippen molar-refractivity contribution >= 4 is 11.7 Å². The Bertz CT molecular complexity index is 976. The molecular formula is C30H44CrF4N3O2-. The summed E-state index contributed by atoms with van der Waals surface area (Å²) in [5.74, 6) is -0.168. The van der Waals surface area contributed by atoms with Crippen molar-refractivity contribution in [3.8, 4) is 0 Å². The minimum Gasteiger partial charge on any atom is -0.341 e. The Hall–Kier alpha value is -2.18. The van der Waals surface area contributed by atoms with Crippen LogP contribution in [0, 0.1) is 18.8 Å². The van der Waals surface area contributed by atoms with Crippen molar-refractivity contribution in [2.24, 2.45) is 0 Å². The molecule has 10 heteroatoms. The number of rotatable bonds is 7. The third-order valence-corrected chi connectivity index (χ3v) is 5.94. The van der Waals surface area contributed by atoms with Crippen molar-refractivity contribution in [1.82, 2.24) is 14.7 Å². The predicted molar refractivity (Wildman–Crippen MR) is 146 cm³/mol. The monoisotopic (exact) mass is 606 g/mol. The Morgan fingerprint density at radius 1 is 1.02 bits per heavy atom. The number of ketones is 1. The van der Waals surface area contributed by atoms with E-state index in [1.54, 1.807) is 11.0 Å². The zero-order chi connectivity index (χ0) is 29.4. The number of nitrogens with zero attached hydrogens (tertiary/aromatic N) is 3. The average Bonchev–Trinajstić information content (AvgIpc) is 3.36. The number of aryl methyl sites for hydroxylation is 1. The maximum absolute atomic E-state index is 13.0. The van der Waals surface area contributed by atoms with E-state index in [9.17, 15) is 27.2 Å². The molecule has 1 aromatic carbocycles. The zero-order valence-electron chi connectivity index (χ0n) is 24.5. The van der Waals surface area contributed by atoms with E-state index in [-0.39, 0.29) is 47.3 Å². The Balaban J connectivity index is 0.000000630. The topological polar surface area (TPSA) is 55.2 Å². The number of hydrogen-bond acceptors (Lipinski definition) is 3. The van der Waals surface area contributed by atoms with Crippen LogP contribution < -0.4 is 0 Å². The maximum Gasteiger partial charge on any atom is 0.433 e. The van der Waals surface area contributed by atoms with Gasteiger partial charge in [-0.1, -0.05) is 52.9 Å². The summed E-state index contributed by atoms with van der Waals surface area (Å²) in [7, 11) is 0. The van der Waals surface area contributed by atoms with E-state index in [0.29, 0.717) is 18.8 Å². The number of Topliss-reactive ketones (excluding diaryl/α,β-unsaturated/α-hetero) is 1. The second kappa shape index (κ2) is 19.8. The normalized spacial score (nSPS) is 14.0. The van der Waals surface area contributed by atoms with E-state index in [4.69, 9.17) is 0 Å². The number of unbranched alkanes of at least 4 members (excludes halogenated alkanes) is 4. The molecular weight excluding hydrogens is 562 g/mol. The number of halogens is 4. The predicted octanol–water partition coefficient (Wildman–Crippen LogP) is 7.91. The van der Waals surface area contributed by atoms with Gasteiger partial charge in [-0.25, -0.2) is 4.39 Å². The maximum atomic E-state index is 13.0. The van der Waals surface area contributed by atoms with Crippen LogP contribution in [-0.4, -0.2) is 39.5 Å². The fourth-order valence-corrected chi connectivity index (χ4v) is 3.78. The minimum absolute atomic E-state index is 0. The van der Waals surface area contributed by atoms with Gasteiger partial charge in [0, 0.05) is 42.2 Å². The van der Waals surface area contributed by atoms with Gasteiger partial charge >= 0.3 is 6.18 Å². The number of alkyl halides is 3. The summed E-state index contributed by atoms with van der Waals surface area (Å²) in [6.07, 6.45) is 6.15. The van der Waals surface area contributed by atoms with Crippen LogP contribution in [0.2, 0.25) is 0 Å². The Morgan fingerprint density at radius 3 is 1.98 bits per heavy atom. The van der Waals surface area contributed by atoms with E-state index >= 15 is 0 Å². The molecule has 5 nitrogen and oxygen atoms in total. The van der Waals surface area contributed by atoms with Gasteiger partial charge in [0.25, 0.3) is 0 Å². The molecule has 1 amide bonds. The second-order valence-electron chi connectivity index (χ2n) is 10.1. The number of hydrogen-bond donors (Lipinski definition) is 0. The molecule has 1 saturated carbocycles. The van der Waals surface area contributed by atoms with Gasteiger partial charge in [-0.15, -0.1) is 12.1 Å². The van der Waals surface area contributed by atoms with Crippen LogP contribution in [0.5, 0.6) is 0 Å². The van der Waals surface area contributed by atoms with Crippen LogP contribution in [0.15, 0.2) is 24.3 Å². The van der Waals surface area contributed by atoms with Crippen LogP contribution in [0.4, 0.5) is 17.6 Å². The molecule has 4 rings (SSSR count). The van der Waals surface area contributed by atoms with Gasteiger partial charge in [0.1, 0.15) is 18.0 Å². The molecule has 2 aliphatic rings. The van der Waals surface area contributed by atoms with Crippen LogP contribution >= 0.6 is 0 Å². The molecule has 1 aromatic heterocycles.